The summed E-state index contributed by atoms with van der Waals surface area (Å²) in [5.74, 6) is 1.82. The van der Waals surface area contributed by atoms with E-state index in [1.807, 2.05) is 31.1 Å². The molecule has 3 aromatic rings. The Morgan fingerprint density at radius 2 is 2.07 bits per heavy atom. The molecule has 3 rings (SSSR count). The van der Waals surface area contributed by atoms with E-state index >= 15 is 0 Å². The number of aromatic nitrogens is 3. The van der Waals surface area contributed by atoms with E-state index in [1.54, 1.807) is 36.4 Å². The number of hydrogen-bond donors (Lipinski definition) is 0. The van der Waals surface area contributed by atoms with E-state index in [0.717, 1.165) is 10.3 Å². The molecule has 0 saturated carbocycles. The molecule has 0 unspecified atom stereocenters. The van der Waals surface area contributed by atoms with Crippen LogP contribution in [0.5, 0.6) is 0 Å². The average Bonchev–Trinajstić information content (AvgIpc) is 3.26. The molecule has 0 spiro atoms. The van der Waals surface area contributed by atoms with Crippen LogP contribution in [0, 0.1) is 12.3 Å². The molecule has 0 radical (unpaired) electrons. The molecule has 8 heteroatoms. The van der Waals surface area contributed by atoms with Crippen molar-refractivity contribution in [1.29, 1.82) is 0 Å². The molecule has 0 aliphatic heterocycles. The number of rotatable bonds is 6. The lowest BCUT2D eigenvalue weighted by atomic mass is 10.2. The first-order valence-corrected chi connectivity index (χ1v) is 8.76. The number of nitrogens with zero attached hydrogens (tertiary/aromatic N) is 4. The molecular weight excluding hydrogens is 381 g/mol. The largest absolute Gasteiger partial charge is 0.449 e. The predicted molar refractivity (Wildman–Crippen MR) is 104 cm³/mol. The molecule has 2 heterocycles. The van der Waals surface area contributed by atoms with Gasteiger partial charge in [-0.1, -0.05) is 29.3 Å². The summed E-state index contributed by atoms with van der Waals surface area (Å²) in [5, 5.41) is 3.94. The van der Waals surface area contributed by atoms with Gasteiger partial charge >= 0.3 is 6.18 Å². The van der Waals surface area contributed by atoms with Crippen LogP contribution in [0.1, 0.15) is 17.3 Å². The van der Waals surface area contributed by atoms with E-state index in [1.165, 1.54) is 0 Å². The predicted octanol–water partition coefficient (Wildman–Crippen LogP) is 4.27. The van der Waals surface area contributed by atoms with Crippen LogP contribution in [-0.2, 0) is 19.1 Å². The van der Waals surface area contributed by atoms with Crippen molar-refractivity contribution in [2.24, 2.45) is 0 Å². The van der Waals surface area contributed by atoms with Gasteiger partial charge in [0.2, 0.25) is 5.82 Å². The third-order valence-electron chi connectivity index (χ3n) is 4.19. The second-order valence-corrected chi connectivity index (χ2v) is 6.53. The standard InChI is InChI=1S/C21H19F3N4O/c1-4-8-16(27(2)3)10-7-9-15-13-17(29-26-15)14-28-19-12-6-5-11-18(19)25-20(28)21(22,23)24/h1,5-8,10-13H,9,14H2,2-3H3/b10-7-,16-8+. The number of terminal acetylenes is 1. The van der Waals surface area contributed by atoms with Gasteiger partial charge in [-0.25, -0.2) is 4.98 Å². The molecule has 150 valence electrons. The Morgan fingerprint density at radius 1 is 1.31 bits per heavy atom. The summed E-state index contributed by atoms with van der Waals surface area (Å²) in [6.07, 6.45) is 6.52. The van der Waals surface area contributed by atoms with E-state index in [2.05, 4.69) is 16.1 Å². The Labute approximate surface area is 166 Å². The number of likely N-dealkylation sites (N-methyl/N-ethyl adjacent to an activating group) is 1. The highest BCUT2D eigenvalue weighted by molar-refractivity contribution is 5.76. The maximum Gasteiger partial charge on any atom is 0.449 e. The highest BCUT2D eigenvalue weighted by atomic mass is 19.4. The van der Waals surface area contributed by atoms with Crippen LogP contribution in [0.15, 0.2) is 58.8 Å². The van der Waals surface area contributed by atoms with Gasteiger partial charge < -0.3 is 14.0 Å². The number of para-hydroxylation sites is 2. The summed E-state index contributed by atoms with van der Waals surface area (Å²) < 4.78 is 46.6. The Balaban J connectivity index is 1.81. The highest BCUT2D eigenvalue weighted by Crippen LogP contribution is 2.32. The lowest BCUT2D eigenvalue weighted by Crippen LogP contribution is -2.15. The minimum atomic E-state index is -4.57. The quantitative estimate of drug-likeness (QED) is 0.458. The molecule has 0 N–H and O–H groups in total. The SMILES string of the molecule is C#C/C=C(\C=C/Cc1cc(Cn2c(C(F)(F)F)nc3ccccc32)on1)N(C)C. The van der Waals surface area contributed by atoms with Crippen molar-refractivity contribution in [2.75, 3.05) is 14.1 Å². The summed E-state index contributed by atoms with van der Waals surface area (Å²) in [6.45, 7) is -0.119. The summed E-state index contributed by atoms with van der Waals surface area (Å²) in [4.78, 5) is 5.60. The van der Waals surface area contributed by atoms with Gasteiger partial charge in [0.1, 0.15) is 0 Å². The first-order chi connectivity index (χ1) is 13.8. The Kier molecular flexibility index (Phi) is 5.78. The number of alkyl halides is 3. The zero-order chi connectivity index (χ0) is 21.0. The summed E-state index contributed by atoms with van der Waals surface area (Å²) in [5.41, 5.74) is 2.11. The molecule has 0 amide bonds. The van der Waals surface area contributed by atoms with Gasteiger partial charge in [0.05, 0.1) is 23.3 Å². The van der Waals surface area contributed by atoms with Crippen LogP contribution in [-0.4, -0.2) is 33.7 Å². The third kappa shape index (κ3) is 4.69. The van der Waals surface area contributed by atoms with Gasteiger partial charge in [-0.05, 0) is 18.2 Å². The van der Waals surface area contributed by atoms with E-state index in [9.17, 15) is 13.2 Å². The number of halogens is 3. The van der Waals surface area contributed by atoms with Crippen LogP contribution in [0.3, 0.4) is 0 Å². The molecule has 5 nitrogen and oxygen atoms in total. The normalized spacial score (nSPS) is 12.6. The van der Waals surface area contributed by atoms with Crippen LogP contribution in [0.2, 0.25) is 0 Å². The molecule has 29 heavy (non-hydrogen) atoms. The highest BCUT2D eigenvalue weighted by Gasteiger charge is 2.37. The lowest BCUT2D eigenvalue weighted by molar-refractivity contribution is -0.146. The van der Waals surface area contributed by atoms with Gasteiger partial charge in [0.15, 0.2) is 5.76 Å². The fourth-order valence-electron chi connectivity index (χ4n) is 2.85. The van der Waals surface area contributed by atoms with Crippen LogP contribution < -0.4 is 0 Å². The lowest BCUT2D eigenvalue weighted by Gasteiger charge is -2.11. The van der Waals surface area contributed by atoms with Crippen molar-refractivity contribution < 1.29 is 17.7 Å². The van der Waals surface area contributed by atoms with Gasteiger partial charge in [0.25, 0.3) is 0 Å². The van der Waals surface area contributed by atoms with Crippen molar-refractivity contribution in [3.8, 4) is 12.3 Å². The molecule has 0 aliphatic carbocycles. The number of hydrogen-bond acceptors (Lipinski definition) is 4. The van der Waals surface area contributed by atoms with Gasteiger partial charge in [-0.3, -0.25) is 0 Å². The molecule has 0 bridgehead atoms. The second kappa shape index (κ2) is 8.27. The Bertz CT molecular complexity index is 1100. The van der Waals surface area contributed by atoms with Crippen LogP contribution in [0.4, 0.5) is 13.2 Å². The number of allylic oxidation sites excluding steroid dienone is 3. The van der Waals surface area contributed by atoms with Gasteiger partial charge in [-0.15, -0.1) is 6.42 Å². The van der Waals surface area contributed by atoms with Gasteiger partial charge in [0, 0.05) is 38.4 Å². The molecule has 0 fully saturated rings. The van der Waals surface area contributed by atoms with Crippen molar-refractivity contribution in [2.45, 2.75) is 19.1 Å². The number of benzene rings is 1. The minimum absolute atomic E-state index is 0.119. The molecule has 1 aromatic carbocycles. The van der Waals surface area contributed by atoms with E-state index in [0.29, 0.717) is 23.4 Å². The molecule has 0 saturated heterocycles. The molecule has 2 aromatic heterocycles. The van der Waals surface area contributed by atoms with Crippen molar-refractivity contribution >= 4 is 11.0 Å². The summed E-state index contributed by atoms with van der Waals surface area (Å²) in [7, 11) is 3.74. The van der Waals surface area contributed by atoms with E-state index in [-0.39, 0.29) is 12.1 Å². The smallest absolute Gasteiger partial charge is 0.377 e. The van der Waals surface area contributed by atoms with E-state index in [4.69, 9.17) is 10.9 Å². The molecule has 0 atom stereocenters. The summed E-state index contributed by atoms with van der Waals surface area (Å²) in [6, 6.07) is 8.10. The van der Waals surface area contributed by atoms with E-state index < -0.39 is 12.0 Å². The zero-order valence-electron chi connectivity index (χ0n) is 15.9. The fraction of sp³-hybridized carbons (Fsp3) is 0.238. The van der Waals surface area contributed by atoms with Gasteiger partial charge in [-0.2, -0.15) is 13.2 Å². The van der Waals surface area contributed by atoms with Crippen molar-refractivity contribution in [3.63, 3.8) is 0 Å². The number of fused-ring (bicyclic) bond motifs is 1. The second-order valence-electron chi connectivity index (χ2n) is 6.53. The average molecular weight is 400 g/mol. The van der Waals surface area contributed by atoms with Crippen molar-refractivity contribution in [1.82, 2.24) is 19.6 Å². The van der Waals surface area contributed by atoms with Crippen LogP contribution >= 0.6 is 0 Å². The maximum absolute atomic E-state index is 13.4. The third-order valence-corrected chi connectivity index (χ3v) is 4.19. The summed E-state index contributed by atoms with van der Waals surface area (Å²) >= 11 is 0. The minimum Gasteiger partial charge on any atom is -0.377 e. The first-order valence-electron chi connectivity index (χ1n) is 8.76. The topological polar surface area (TPSA) is 47.1 Å². The monoisotopic (exact) mass is 400 g/mol. The maximum atomic E-state index is 13.4. The number of imidazole rings is 1. The Morgan fingerprint density at radius 3 is 2.76 bits per heavy atom. The first kappa shape index (κ1) is 20.3. The zero-order valence-corrected chi connectivity index (χ0v) is 15.9. The Hall–Kier alpha value is -3.47. The molecular formula is C21H19F3N4O. The van der Waals surface area contributed by atoms with Crippen molar-refractivity contribution in [3.05, 3.63) is 71.5 Å². The fourth-order valence-corrected chi connectivity index (χ4v) is 2.85. The van der Waals surface area contributed by atoms with Crippen LogP contribution in [0.25, 0.3) is 11.0 Å². The molecule has 0 aliphatic rings.